The highest BCUT2D eigenvalue weighted by Crippen LogP contribution is 2.30. The first-order chi connectivity index (χ1) is 13.5. The molecule has 0 radical (unpaired) electrons. The van der Waals surface area contributed by atoms with Crippen LogP contribution in [-0.4, -0.2) is 37.9 Å². The van der Waals surface area contributed by atoms with Crippen LogP contribution in [0.2, 0.25) is 0 Å². The predicted molar refractivity (Wildman–Crippen MR) is 111 cm³/mol. The van der Waals surface area contributed by atoms with E-state index in [4.69, 9.17) is 14.2 Å². The van der Waals surface area contributed by atoms with E-state index in [0.29, 0.717) is 34.8 Å². The maximum Gasteiger partial charge on any atom is 0.408 e. The van der Waals surface area contributed by atoms with Crippen molar-refractivity contribution in [1.82, 2.24) is 5.32 Å². The average Bonchev–Trinajstić information content (AvgIpc) is 2.75. The van der Waals surface area contributed by atoms with Crippen LogP contribution < -0.4 is 14.8 Å². The van der Waals surface area contributed by atoms with Crippen LogP contribution in [-0.2, 0) is 4.74 Å². The summed E-state index contributed by atoms with van der Waals surface area (Å²) in [7, 11) is 3.03. The van der Waals surface area contributed by atoms with E-state index in [1.807, 2.05) is 13.0 Å². The molecule has 0 spiro atoms. The molecule has 7 heteroatoms. The van der Waals surface area contributed by atoms with E-state index in [-0.39, 0.29) is 11.8 Å². The second-order valence-corrected chi connectivity index (χ2v) is 6.46. The van der Waals surface area contributed by atoms with E-state index < -0.39 is 12.2 Å². The molecular formula is C21H25NO5S. The molecule has 0 aliphatic rings. The fourth-order valence-corrected chi connectivity index (χ4v) is 2.94. The highest BCUT2D eigenvalue weighted by molar-refractivity contribution is 7.80. The molecule has 2 unspecified atom stereocenters. The van der Waals surface area contributed by atoms with Gasteiger partial charge in [0.1, 0.15) is 11.5 Å². The number of carbonyl (C=O) groups excluding carboxylic acids is 2. The molecule has 150 valence electrons. The van der Waals surface area contributed by atoms with Gasteiger partial charge in [-0.05, 0) is 18.6 Å². The van der Waals surface area contributed by atoms with Gasteiger partial charge in [-0.3, -0.25) is 4.79 Å². The largest absolute Gasteiger partial charge is 0.497 e. The molecule has 0 aliphatic carbocycles. The molecule has 2 aromatic rings. The van der Waals surface area contributed by atoms with Crippen molar-refractivity contribution in [3.05, 3.63) is 59.7 Å². The van der Waals surface area contributed by atoms with Crippen molar-refractivity contribution in [2.75, 3.05) is 20.0 Å². The maximum absolute atomic E-state index is 13.1. The molecule has 2 aromatic carbocycles. The van der Waals surface area contributed by atoms with Gasteiger partial charge in [0.2, 0.25) is 5.78 Å². The first-order valence-corrected chi connectivity index (χ1v) is 9.55. The van der Waals surface area contributed by atoms with Crippen LogP contribution in [0.3, 0.4) is 0 Å². The zero-order valence-electron chi connectivity index (χ0n) is 16.2. The Bertz CT molecular complexity index is 770. The molecule has 0 aromatic heterocycles. The number of Topliss-reactive ketones (excluding diaryl/α,β-unsaturated/α-hetero) is 1. The third-order valence-electron chi connectivity index (χ3n) is 4.23. The number of alkyl carbamates (subject to hydrolysis) is 1. The Labute approximate surface area is 170 Å². The van der Waals surface area contributed by atoms with Crippen LogP contribution in [0.1, 0.15) is 35.4 Å². The molecule has 0 bridgehead atoms. The summed E-state index contributed by atoms with van der Waals surface area (Å²) in [6.07, 6.45) is -1.14. The van der Waals surface area contributed by atoms with E-state index in [0.717, 1.165) is 0 Å². The molecular weight excluding hydrogens is 378 g/mol. The Morgan fingerprint density at radius 2 is 1.64 bits per heavy atom. The summed E-state index contributed by atoms with van der Waals surface area (Å²) in [6, 6.07) is 13.5. The lowest BCUT2D eigenvalue weighted by molar-refractivity contribution is 0.0619. The van der Waals surface area contributed by atoms with Crippen LogP contribution in [0.5, 0.6) is 11.5 Å². The van der Waals surface area contributed by atoms with Gasteiger partial charge in [0, 0.05) is 29.0 Å². The summed E-state index contributed by atoms with van der Waals surface area (Å²) in [6.45, 7) is 1.93. The predicted octanol–water partition coefficient (Wildman–Crippen LogP) is 4.06. The minimum atomic E-state index is -1.15. The van der Waals surface area contributed by atoms with Crippen LogP contribution in [0.15, 0.2) is 48.5 Å². The van der Waals surface area contributed by atoms with Gasteiger partial charge in [-0.1, -0.05) is 37.3 Å². The minimum absolute atomic E-state index is 0.150. The van der Waals surface area contributed by atoms with Crippen LogP contribution in [0.4, 0.5) is 4.79 Å². The van der Waals surface area contributed by atoms with Gasteiger partial charge in [0.05, 0.1) is 14.2 Å². The second kappa shape index (κ2) is 10.6. The lowest BCUT2D eigenvalue weighted by atomic mass is 9.99. The summed E-state index contributed by atoms with van der Waals surface area (Å²) in [5.74, 6) is 1.11. The number of amides is 1. The molecule has 0 aliphatic heterocycles. The molecule has 1 N–H and O–H groups in total. The fourth-order valence-electron chi connectivity index (χ4n) is 2.59. The lowest BCUT2D eigenvalue weighted by Gasteiger charge is -2.21. The number of benzene rings is 2. The monoisotopic (exact) mass is 403 g/mol. The van der Waals surface area contributed by atoms with Crippen LogP contribution >= 0.6 is 12.6 Å². The molecule has 2 rings (SSSR count). The number of ether oxygens (including phenoxy) is 3. The smallest absolute Gasteiger partial charge is 0.408 e. The topological polar surface area (TPSA) is 73.9 Å². The SMILES string of the molecule is CCC(CS)NC(=O)OC(C(=O)c1ccccc1)c1cc(OC)cc(OC)c1. The lowest BCUT2D eigenvalue weighted by Crippen LogP contribution is -2.37. The summed E-state index contributed by atoms with van der Waals surface area (Å²) >= 11 is 4.21. The summed E-state index contributed by atoms with van der Waals surface area (Å²) in [5.41, 5.74) is 0.891. The van der Waals surface area contributed by atoms with Crippen molar-refractivity contribution in [3.8, 4) is 11.5 Å². The third-order valence-corrected chi connectivity index (χ3v) is 4.67. The van der Waals surface area contributed by atoms with E-state index in [9.17, 15) is 9.59 Å². The Balaban J connectivity index is 2.39. The van der Waals surface area contributed by atoms with Crippen LogP contribution in [0.25, 0.3) is 0 Å². The van der Waals surface area contributed by atoms with E-state index in [1.54, 1.807) is 42.5 Å². The molecule has 2 atom stereocenters. The number of hydrogen-bond acceptors (Lipinski definition) is 6. The van der Waals surface area contributed by atoms with Crippen molar-refractivity contribution in [2.24, 2.45) is 0 Å². The van der Waals surface area contributed by atoms with Crippen molar-refractivity contribution in [3.63, 3.8) is 0 Å². The number of ketones is 1. The van der Waals surface area contributed by atoms with Gasteiger partial charge in [-0.25, -0.2) is 4.79 Å². The zero-order valence-corrected chi connectivity index (χ0v) is 17.1. The maximum atomic E-state index is 13.1. The average molecular weight is 404 g/mol. The standard InChI is InChI=1S/C21H25NO5S/c1-4-16(13-28)22-21(24)27-20(19(23)14-8-6-5-7-9-14)15-10-17(25-2)12-18(11-15)26-3/h5-12,16,20,28H,4,13H2,1-3H3,(H,22,24). The number of carbonyl (C=O) groups is 2. The summed E-state index contributed by atoms with van der Waals surface area (Å²) in [4.78, 5) is 25.5. The minimum Gasteiger partial charge on any atom is -0.497 e. The van der Waals surface area contributed by atoms with E-state index >= 15 is 0 Å². The molecule has 6 nitrogen and oxygen atoms in total. The highest BCUT2D eigenvalue weighted by atomic mass is 32.1. The number of nitrogens with one attached hydrogen (secondary N) is 1. The van der Waals surface area contributed by atoms with Gasteiger partial charge < -0.3 is 19.5 Å². The van der Waals surface area contributed by atoms with Crippen molar-refractivity contribution >= 4 is 24.5 Å². The van der Waals surface area contributed by atoms with Gasteiger partial charge in [0.15, 0.2) is 6.10 Å². The molecule has 0 saturated heterocycles. The Kier molecular flexibility index (Phi) is 8.19. The first kappa shape index (κ1) is 21.6. The molecule has 0 saturated carbocycles. The Hall–Kier alpha value is -2.67. The summed E-state index contributed by atoms with van der Waals surface area (Å²) < 4.78 is 16.1. The van der Waals surface area contributed by atoms with E-state index in [2.05, 4.69) is 17.9 Å². The third kappa shape index (κ3) is 5.66. The summed E-state index contributed by atoms with van der Waals surface area (Å²) in [5, 5.41) is 2.73. The number of methoxy groups -OCH3 is 2. The first-order valence-electron chi connectivity index (χ1n) is 8.92. The Morgan fingerprint density at radius 3 is 2.14 bits per heavy atom. The number of rotatable bonds is 9. The van der Waals surface area contributed by atoms with Crippen molar-refractivity contribution in [1.29, 1.82) is 0 Å². The van der Waals surface area contributed by atoms with Gasteiger partial charge in [0.25, 0.3) is 0 Å². The molecule has 0 fully saturated rings. The van der Waals surface area contributed by atoms with Crippen molar-refractivity contribution in [2.45, 2.75) is 25.5 Å². The second-order valence-electron chi connectivity index (χ2n) is 6.09. The van der Waals surface area contributed by atoms with Gasteiger partial charge >= 0.3 is 6.09 Å². The molecule has 28 heavy (non-hydrogen) atoms. The normalized spacial score (nSPS) is 12.6. The van der Waals surface area contributed by atoms with Gasteiger partial charge in [-0.15, -0.1) is 0 Å². The molecule has 0 heterocycles. The fraction of sp³-hybridized carbons (Fsp3) is 0.333. The van der Waals surface area contributed by atoms with Gasteiger partial charge in [-0.2, -0.15) is 12.6 Å². The molecule has 1 amide bonds. The Morgan fingerprint density at radius 1 is 1.04 bits per heavy atom. The van der Waals surface area contributed by atoms with Crippen molar-refractivity contribution < 1.29 is 23.8 Å². The zero-order chi connectivity index (χ0) is 20.5. The number of thiol groups is 1. The highest BCUT2D eigenvalue weighted by Gasteiger charge is 2.28. The van der Waals surface area contributed by atoms with E-state index in [1.165, 1.54) is 14.2 Å². The quantitative estimate of drug-likeness (QED) is 0.488. The number of hydrogen-bond donors (Lipinski definition) is 2. The van der Waals surface area contributed by atoms with Crippen LogP contribution in [0, 0.1) is 0 Å².